The maximum absolute atomic E-state index is 12.3. The van der Waals surface area contributed by atoms with Gasteiger partial charge in [0.2, 0.25) is 0 Å². The van der Waals surface area contributed by atoms with Crippen molar-refractivity contribution in [3.8, 4) is 0 Å². The molecule has 0 heterocycles. The highest BCUT2D eigenvalue weighted by Crippen LogP contribution is 2.15. The third kappa shape index (κ3) is 5.33. The van der Waals surface area contributed by atoms with Crippen LogP contribution in [0.1, 0.15) is 55.5 Å². The van der Waals surface area contributed by atoms with E-state index in [1.54, 1.807) is 7.11 Å². The summed E-state index contributed by atoms with van der Waals surface area (Å²) in [5, 5.41) is 0. The zero-order valence-electron chi connectivity index (χ0n) is 12.9. The first-order chi connectivity index (χ1) is 9.72. The fraction of sp³-hybridized carbons (Fsp3) is 0.588. The first-order valence-electron chi connectivity index (χ1n) is 7.50. The summed E-state index contributed by atoms with van der Waals surface area (Å²) in [6.45, 7) is 4.70. The highest BCUT2D eigenvalue weighted by atomic mass is 16.6. The third-order valence-electron chi connectivity index (χ3n) is 3.26. The van der Waals surface area contributed by atoms with E-state index < -0.39 is 0 Å². The van der Waals surface area contributed by atoms with Gasteiger partial charge in [-0.3, -0.25) is 0 Å². The number of hydrogen-bond acceptors (Lipinski definition) is 3. The standard InChI is InChI=1S/C17H26O3/c1-4-6-11-15(13-19-3)20-17(18)16-12-8-7-10-14(16)9-5-2/h7-8,10,12,15H,4-6,9,11,13H2,1-3H3. The minimum Gasteiger partial charge on any atom is -0.456 e. The lowest BCUT2D eigenvalue weighted by atomic mass is 10.0. The molecule has 3 heteroatoms. The highest BCUT2D eigenvalue weighted by Gasteiger charge is 2.17. The molecule has 0 saturated carbocycles. The van der Waals surface area contributed by atoms with Crippen LogP contribution >= 0.6 is 0 Å². The maximum atomic E-state index is 12.3. The predicted molar refractivity (Wildman–Crippen MR) is 81.0 cm³/mol. The average molecular weight is 278 g/mol. The number of ether oxygens (including phenoxy) is 2. The van der Waals surface area contributed by atoms with Crippen molar-refractivity contribution in [3.63, 3.8) is 0 Å². The van der Waals surface area contributed by atoms with Gasteiger partial charge < -0.3 is 9.47 Å². The van der Waals surface area contributed by atoms with Gasteiger partial charge in [0.25, 0.3) is 0 Å². The molecule has 0 aliphatic heterocycles. The molecule has 3 nitrogen and oxygen atoms in total. The molecule has 1 atom stereocenters. The van der Waals surface area contributed by atoms with E-state index in [4.69, 9.17) is 9.47 Å². The van der Waals surface area contributed by atoms with E-state index in [2.05, 4.69) is 13.8 Å². The van der Waals surface area contributed by atoms with Crippen molar-refractivity contribution < 1.29 is 14.3 Å². The molecule has 0 N–H and O–H groups in total. The number of unbranched alkanes of at least 4 members (excludes halogenated alkanes) is 1. The Labute approximate surface area is 122 Å². The number of rotatable bonds is 9. The van der Waals surface area contributed by atoms with Crippen molar-refractivity contribution in [2.45, 2.75) is 52.1 Å². The molecule has 112 valence electrons. The number of benzene rings is 1. The number of carbonyl (C=O) groups is 1. The van der Waals surface area contributed by atoms with Gasteiger partial charge in [-0.1, -0.05) is 44.9 Å². The number of carbonyl (C=O) groups excluding carboxylic acids is 1. The lowest BCUT2D eigenvalue weighted by molar-refractivity contribution is 0.00241. The van der Waals surface area contributed by atoms with Crippen LogP contribution in [0.15, 0.2) is 24.3 Å². The van der Waals surface area contributed by atoms with Crippen molar-refractivity contribution in [2.24, 2.45) is 0 Å². The molecule has 1 aromatic rings. The van der Waals surface area contributed by atoms with Crippen LogP contribution in [0.5, 0.6) is 0 Å². The molecular weight excluding hydrogens is 252 g/mol. The van der Waals surface area contributed by atoms with Gasteiger partial charge >= 0.3 is 5.97 Å². The Kier molecular flexibility index (Phi) is 7.97. The van der Waals surface area contributed by atoms with Gasteiger partial charge in [-0.2, -0.15) is 0 Å². The Morgan fingerprint density at radius 3 is 2.60 bits per heavy atom. The van der Waals surface area contributed by atoms with Crippen molar-refractivity contribution in [1.29, 1.82) is 0 Å². The predicted octanol–water partition coefficient (Wildman–Crippen LogP) is 4.00. The molecule has 0 saturated heterocycles. The van der Waals surface area contributed by atoms with Gasteiger partial charge in [0.05, 0.1) is 12.2 Å². The van der Waals surface area contributed by atoms with E-state index in [1.807, 2.05) is 24.3 Å². The fourth-order valence-corrected chi connectivity index (χ4v) is 2.22. The number of esters is 1. The molecule has 0 fully saturated rings. The van der Waals surface area contributed by atoms with Crippen molar-refractivity contribution >= 4 is 5.97 Å². The molecule has 0 aliphatic carbocycles. The van der Waals surface area contributed by atoms with E-state index in [1.165, 1.54) is 0 Å². The van der Waals surface area contributed by atoms with Gasteiger partial charge in [0.15, 0.2) is 0 Å². The van der Waals surface area contributed by atoms with Gasteiger partial charge in [0, 0.05) is 7.11 Å². The lowest BCUT2D eigenvalue weighted by Gasteiger charge is -2.18. The summed E-state index contributed by atoms with van der Waals surface area (Å²) in [5.74, 6) is -0.229. The molecule has 0 amide bonds. The second-order valence-electron chi connectivity index (χ2n) is 5.03. The van der Waals surface area contributed by atoms with Crippen LogP contribution in [0, 0.1) is 0 Å². The van der Waals surface area contributed by atoms with Crippen molar-refractivity contribution in [1.82, 2.24) is 0 Å². The van der Waals surface area contributed by atoms with E-state index >= 15 is 0 Å². The van der Waals surface area contributed by atoms with Crippen LogP contribution in [0.4, 0.5) is 0 Å². The minimum absolute atomic E-state index is 0.151. The quantitative estimate of drug-likeness (QED) is 0.640. The largest absolute Gasteiger partial charge is 0.456 e. The van der Waals surface area contributed by atoms with Gasteiger partial charge in [-0.05, 0) is 30.9 Å². The normalized spacial score (nSPS) is 12.2. The van der Waals surface area contributed by atoms with E-state index in [9.17, 15) is 4.79 Å². The van der Waals surface area contributed by atoms with Crippen LogP contribution in [0.25, 0.3) is 0 Å². The van der Waals surface area contributed by atoms with Crippen LogP contribution in [0.2, 0.25) is 0 Å². The summed E-state index contributed by atoms with van der Waals surface area (Å²) >= 11 is 0. The Morgan fingerprint density at radius 2 is 1.95 bits per heavy atom. The molecule has 1 aromatic carbocycles. The van der Waals surface area contributed by atoms with E-state index in [0.29, 0.717) is 12.2 Å². The molecule has 0 aromatic heterocycles. The summed E-state index contributed by atoms with van der Waals surface area (Å²) in [6, 6.07) is 7.69. The van der Waals surface area contributed by atoms with Gasteiger partial charge in [-0.25, -0.2) is 4.79 Å². The molecule has 1 rings (SSSR count). The molecule has 1 unspecified atom stereocenters. The molecule has 0 radical (unpaired) electrons. The minimum atomic E-state index is -0.229. The Bertz CT molecular complexity index is 401. The number of aryl methyl sites for hydroxylation is 1. The van der Waals surface area contributed by atoms with Gasteiger partial charge in [-0.15, -0.1) is 0 Å². The SMILES string of the molecule is CCCCC(COC)OC(=O)c1ccccc1CCC. The second-order valence-corrected chi connectivity index (χ2v) is 5.03. The van der Waals surface area contributed by atoms with Crippen LogP contribution in [-0.4, -0.2) is 25.8 Å². The summed E-state index contributed by atoms with van der Waals surface area (Å²) < 4.78 is 10.7. The van der Waals surface area contributed by atoms with E-state index in [-0.39, 0.29) is 12.1 Å². The molecular formula is C17H26O3. The first-order valence-corrected chi connectivity index (χ1v) is 7.50. The smallest absolute Gasteiger partial charge is 0.338 e. The Hall–Kier alpha value is -1.35. The highest BCUT2D eigenvalue weighted by molar-refractivity contribution is 5.91. The first kappa shape index (κ1) is 16.7. The monoisotopic (exact) mass is 278 g/mol. The zero-order chi connectivity index (χ0) is 14.8. The van der Waals surface area contributed by atoms with Gasteiger partial charge in [0.1, 0.15) is 6.10 Å². The number of hydrogen-bond donors (Lipinski definition) is 0. The Morgan fingerprint density at radius 1 is 1.20 bits per heavy atom. The van der Waals surface area contributed by atoms with E-state index in [0.717, 1.165) is 37.7 Å². The summed E-state index contributed by atoms with van der Waals surface area (Å²) in [4.78, 5) is 12.3. The topological polar surface area (TPSA) is 35.5 Å². The van der Waals surface area contributed by atoms with Crippen molar-refractivity contribution in [2.75, 3.05) is 13.7 Å². The fourth-order valence-electron chi connectivity index (χ4n) is 2.22. The Balaban J connectivity index is 2.72. The summed E-state index contributed by atoms with van der Waals surface area (Å²) in [6.07, 6.45) is 4.74. The lowest BCUT2D eigenvalue weighted by Crippen LogP contribution is -2.23. The van der Waals surface area contributed by atoms with Crippen LogP contribution in [0.3, 0.4) is 0 Å². The summed E-state index contributed by atoms with van der Waals surface area (Å²) in [5.41, 5.74) is 1.75. The zero-order valence-corrected chi connectivity index (χ0v) is 12.9. The molecule has 0 bridgehead atoms. The molecule has 0 aliphatic rings. The number of methoxy groups -OCH3 is 1. The van der Waals surface area contributed by atoms with Crippen molar-refractivity contribution in [3.05, 3.63) is 35.4 Å². The molecule has 20 heavy (non-hydrogen) atoms. The second kappa shape index (κ2) is 9.54. The summed E-state index contributed by atoms with van der Waals surface area (Å²) in [7, 11) is 1.64. The van der Waals surface area contributed by atoms with Crippen LogP contribution in [-0.2, 0) is 15.9 Å². The van der Waals surface area contributed by atoms with Crippen LogP contribution < -0.4 is 0 Å². The third-order valence-corrected chi connectivity index (χ3v) is 3.26. The maximum Gasteiger partial charge on any atom is 0.338 e. The average Bonchev–Trinajstić information content (AvgIpc) is 2.46. The molecule has 0 spiro atoms.